The smallest absolute Gasteiger partial charge is 0.336 e. The number of benzene rings is 3. The van der Waals surface area contributed by atoms with Gasteiger partial charge in [0.25, 0.3) is 0 Å². The predicted molar refractivity (Wildman–Crippen MR) is 106 cm³/mol. The first-order valence-corrected chi connectivity index (χ1v) is 8.46. The summed E-state index contributed by atoms with van der Waals surface area (Å²) in [5.41, 5.74) is -0.874. The highest BCUT2D eigenvalue weighted by Gasteiger charge is 2.21. The van der Waals surface area contributed by atoms with Gasteiger partial charge in [-0.2, -0.15) is 0 Å². The molecule has 0 radical (unpaired) electrons. The lowest BCUT2D eigenvalue weighted by molar-refractivity contribution is 0.0697. The van der Waals surface area contributed by atoms with Crippen molar-refractivity contribution < 1.29 is 24.2 Å². The van der Waals surface area contributed by atoms with Crippen LogP contribution in [-0.4, -0.2) is 22.5 Å². The number of hydrogen-bond donors (Lipinski definition) is 2. The second kappa shape index (κ2) is 6.72. The minimum atomic E-state index is -1.17. The van der Waals surface area contributed by atoms with Crippen LogP contribution in [0.25, 0.3) is 39.3 Å². The number of aromatic carboxylic acids is 1. The van der Waals surface area contributed by atoms with E-state index in [1.807, 2.05) is 0 Å². The van der Waals surface area contributed by atoms with Crippen LogP contribution in [0.4, 0.5) is 0 Å². The average molecular weight is 388 g/mol. The first-order valence-electron chi connectivity index (χ1n) is 8.46. The third kappa shape index (κ3) is 2.68. The number of aliphatic hydroxyl groups excluding tert-OH is 1. The number of fused-ring (bicyclic) bond motifs is 2. The van der Waals surface area contributed by atoms with Crippen molar-refractivity contribution >= 4 is 40.5 Å². The molecule has 0 atom stereocenters. The summed E-state index contributed by atoms with van der Waals surface area (Å²) in [5.74, 6) is -1.17. The fourth-order valence-corrected chi connectivity index (χ4v) is 3.44. The number of hydrogen-bond acceptors (Lipinski definition) is 6. The molecule has 4 aromatic rings. The Labute approximate surface area is 161 Å². The van der Waals surface area contributed by atoms with E-state index in [-0.39, 0.29) is 27.5 Å². The quantitative estimate of drug-likeness (QED) is 0.408. The lowest BCUT2D eigenvalue weighted by Crippen LogP contribution is -2.24. The Hall–Kier alpha value is -4.26. The Balaban J connectivity index is 2.39. The van der Waals surface area contributed by atoms with Gasteiger partial charge in [-0.3, -0.25) is 14.4 Å². The van der Waals surface area contributed by atoms with E-state index in [1.54, 1.807) is 18.2 Å². The van der Waals surface area contributed by atoms with Crippen LogP contribution in [0.1, 0.15) is 20.7 Å². The Morgan fingerprint density at radius 1 is 0.897 bits per heavy atom. The molecule has 7 nitrogen and oxygen atoms in total. The zero-order valence-corrected chi connectivity index (χ0v) is 14.7. The zero-order chi connectivity index (χ0) is 20.7. The van der Waals surface area contributed by atoms with Gasteiger partial charge < -0.3 is 14.6 Å². The average Bonchev–Trinajstić information content (AvgIpc) is 2.72. The molecule has 0 aliphatic heterocycles. The molecular weight excluding hydrogens is 376 g/mol. The molecule has 0 aliphatic carbocycles. The summed E-state index contributed by atoms with van der Waals surface area (Å²) in [5, 5.41) is 19.7. The van der Waals surface area contributed by atoms with Crippen molar-refractivity contribution in [3.63, 3.8) is 0 Å². The van der Waals surface area contributed by atoms with E-state index in [2.05, 4.69) is 0 Å². The maximum absolute atomic E-state index is 12.2. The summed E-state index contributed by atoms with van der Waals surface area (Å²) < 4.78 is 5.74. The highest BCUT2D eigenvalue weighted by molar-refractivity contribution is 6.13. The van der Waals surface area contributed by atoms with Crippen molar-refractivity contribution in [1.82, 2.24) is 0 Å². The zero-order valence-electron chi connectivity index (χ0n) is 14.7. The van der Waals surface area contributed by atoms with Gasteiger partial charge in [-0.05, 0) is 35.9 Å². The number of carbonyl (C=O) groups is 2. The molecule has 7 heteroatoms. The van der Waals surface area contributed by atoms with E-state index in [9.17, 15) is 29.4 Å². The summed E-state index contributed by atoms with van der Waals surface area (Å²) in [6.07, 6.45) is 0.921. The first-order chi connectivity index (χ1) is 14.0. The molecule has 0 bridgehead atoms. The number of aldehydes is 1. The van der Waals surface area contributed by atoms with E-state index in [4.69, 9.17) is 4.42 Å². The molecule has 0 unspecified atom stereocenters. The summed E-state index contributed by atoms with van der Waals surface area (Å²) in [4.78, 5) is 47.7. The van der Waals surface area contributed by atoms with E-state index >= 15 is 0 Å². The van der Waals surface area contributed by atoms with Crippen molar-refractivity contribution in [2.75, 3.05) is 0 Å². The lowest BCUT2D eigenvalue weighted by atomic mass is 9.92. The van der Waals surface area contributed by atoms with Gasteiger partial charge in [-0.1, -0.05) is 18.2 Å². The molecular formula is C22H12O7. The van der Waals surface area contributed by atoms with E-state index in [0.717, 1.165) is 0 Å². The molecule has 0 saturated carbocycles. The number of carbonyl (C=O) groups excluding carboxylic acids is 1. The largest absolute Gasteiger partial charge is 0.515 e. The van der Waals surface area contributed by atoms with E-state index in [1.165, 1.54) is 30.3 Å². The van der Waals surface area contributed by atoms with Gasteiger partial charge in [0, 0.05) is 16.3 Å². The van der Waals surface area contributed by atoms with Crippen LogP contribution in [0.3, 0.4) is 0 Å². The molecule has 0 spiro atoms. The summed E-state index contributed by atoms with van der Waals surface area (Å²) in [7, 11) is 0. The first kappa shape index (κ1) is 18.1. The molecule has 142 valence electrons. The third-order valence-electron chi connectivity index (χ3n) is 4.73. The predicted octanol–water partition coefficient (Wildman–Crippen LogP) is 2.50. The van der Waals surface area contributed by atoms with Gasteiger partial charge >= 0.3 is 5.97 Å². The Morgan fingerprint density at radius 3 is 2.21 bits per heavy atom. The van der Waals surface area contributed by atoms with Crippen LogP contribution in [0.15, 0.2) is 62.5 Å². The van der Waals surface area contributed by atoms with Crippen LogP contribution < -0.4 is 16.1 Å². The molecule has 0 aliphatic rings. The molecule has 29 heavy (non-hydrogen) atoms. The van der Waals surface area contributed by atoms with Crippen molar-refractivity contribution in [2.45, 2.75) is 0 Å². The van der Waals surface area contributed by atoms with Crippen molar-refractivity contribution in [3.8, 4) is 11.1 Å². The SMILES string of the molecule is O=Cc1c(=O)ccc2c(-c3ccccc3C(=O)O)c3ccc(=O)/c(=C\O)c3oc12. The maximum Gasteiger partial charge on any atom is 0.336 e. The topological polar surface area (TPSA) is 122 Å². The second-order valence-electron chi connectivity index (χ2n) is 6.28. The molecule has 1 aromatic heterocycles. The number of carboxylic acids is 1. The summed E-state index contributed by atoms with van der Waals surface area (Å²) in [6.45, 7) is 0. The summed E-state index contributed by atoms with van der Waals surface area (Å²) in [6, 6.07) is 11.5. The van der Waals surface area contributed by atoms with Crippen molar-refractivity contribution in [3.05, 3.63) is 85.3 Å². The monoisotopic (exact) mass is 388 g/mol. The molecule has 2 N–H and O–H groups in total. The molecule has 0 amide bonds. The van der Waals surface area contributed by atoms with Crippen molar-refractivity contribution in [2.24, 2.45) is 0 Å². The van der Waals surface area contributed by atoms with E-state index in [0.29, 0.717) is 34.4 Å². The maximum atomic E-state index is 12.2. The normalized spacial score (nSPS) is 11.8. The third-order valence-corrected chi connectivity index (χ3v) is 4.73. The Kier molecular flexibility index (Phi) is 4.20. The van der Waals surface area contributed by atoms with Gasteiger partial charge in [0.15, 0.2) is 17.1 Å². The van der Waals surface area contributed by atoms with Gasteiger partial charge in [0.2, 0.25) is 0 Å². The lowest BCUT2D eigenvalue weighted by Gasteiger charge is -2.14. The fourth-order valence-electron chi connectivity index (χ4n) is 3.44. The minimum absolute atomic E-state index is 0.0131. The van der Waals surface area contributed by atoms with E-state index < -0.39 is 16.8 Å². The molecule has 3 aromatic carbocycles. The molecule has 4 rings (SSSR count). The Bertz CT molecular complexity index is 1500. The van der Waals surface area contributed by atoms with Crippen LogP contribution in [0.5, 0.6) is 0 Å². The van der Waals surface area contributed by atoms with Crippen molar-refractivity contribution in [1.29, 1.82) is 0 Å². The number of carboxylic acid groups (broad SMARTS) is 1. The van der Waals surface area contributed by atoms with Gasteiger partial charge in [0.1, 0.15) is 16.7 Å². The van der Waals surface area contributed by atoms with Crippen LogP contribution in [0, 0.1) is 0 Å². The van der Waals surface area contributed by atoms with Gasteiger partial charge in [-0.15, -0.1) is 0 Å². The standard InChI is InChI=1S/C22H12O7/c23-9-15-17(25)7-5-13-19(11-3-1-2-4-12(11)22(27)28)14-6-8-18(26)16(10-24)21(14)29-20(13)15/h1-10,23H,(H,27,28)/b15-9+. The van der Waals surface area contributed by atoms with Gasteiger partial charge in [-0.25, -0.2) is 4.79 Å². The van der Waals surface area contributed by atoms with Crippen LogP contribution >= 0.6 is 0 Å². The fraction of sp³-hybridized carbons (Fsp3) is 0. The molecule has 1 heterocycles. The molecule has 0 saturated heterocycles. The molecule has 0 fully saturated rings. The highest BCUT2D eigenvalue weighted by atomic mass is 16.4. The number of aliphatic hydroxyl groups is 1. The second-order valence-corrected chi connectivity index (χ2v) is 6.28. The Morgan fingerprint density at radius 2 is 1.55 bits per heavy atom. The van der Waals surface area contributed by atoms with Crippen LogP contribution in [0.2, 0.25) is 0 Å². The van der Waals surface area contributed by atoms with Crippen LogP contribution in [-0.2, 0) is 0 Å². The minimum Gasteiger partial charge on any atom is -0.515 e. The summed E-state index contributed by atoms with van der Waals surface area (Å²) >= 11 is 0. The number of rotatable bonds is 3. The highest BCUT2D eigenvalue weighted by Crippen LogP contribution is 2.37. The van der Waals surface area contributed by atoms with Gasteiger partial charge in [0.05, 0.1) is 17.0 Å².